The van der Waals surface area contributed by atoms with E-state index in [-0.39, 0.29) is 17.0 Å². The molecule has 1 heterocycles. The van der Waals surface area contributed by atoms with Gasteiger partial charge >= 0.3 is 6.18 Å². The van der Waals surface area contributed by atoms with Crippen molar-refractivity contribution in [2.75, 3.05) is 4.90 Å². The second kappa shape index (κ2) is 8.68. The number of Topliss-reactive ketones (excluding diaryl/α,β-unsaturated/α-hetero) is 1. The van der Waals surface area contributed by atoms with Crippen LogP contribution in [-0.4, -0.2) is 16.8 Å². The lowest BCUT2D eigenvalue weighted by molar-refractivity contribution is -0.137. The minimum absolute atomic E-state index is 0.0854. The van der Waals surface area contributed by atoms with Gasteiger partial charge in [0.15, 0.2) is 0 Å². The van der Waals surface area contributed by atoms with E-state index < -0.39 is 29.5 Å². The predicted molar refractivity (Wildman–Crippen MR) is 131 cm³/mol. The number of carbonyl (C=O) groups is 2. The summed E-state index contributed by atoms with van der Waals surface area (Å²) >= 11 is 0. The van der Waals surface area contributed by atoms with Gasteiger partial charge in [-0.05, 0) is 53.1 Å². The Morgan fingerprint density at radius 2 is 1.53 bits per heavy atom. The average molecular weight is 487 g/mol. The molecule has 5 rings (SSSR count). The van der Waals surface area contributed by atoms with Crippen molar-refractivity contribution in [2.24, 2.45) is 0 Å². The first-order chi connectivity index (χ1) is 17.2. The van der Waals surface area contributed by atoms with E-state index in [0.29, 0.717) is 16.7 Å². The first-order valence-corrected chi connectivity index (χ1v) is 11.2. The van der Waals surface area contributed by atoms with Crippen molar-refractivity contribution < 1.29 is 27.9 Å². The highest BCUT2D eigenvalue weighted by Gasteiger charge is 2.47. The summed E-state index contributed by atoms with van der Waals surface area (Å²) in [6.45, 7) is 1.78. The van der Waals surface area contributed by atoms with Crippen molar-refractivity contribution >= 4 is 33.9 Å². The van der Waals surface area contributed by atoms with E-state index in [1.165, 1.54) is 12.1 Å². The molecule has 36 heavy (non-hydrogen) atoms. The number of aliphatic hydroxyl groups is 1. The van der Waals surface area contributed by atoms with E-state index in [2.05, 4.69) is 0 Å². The summed E-state index contributed by atoms with van der Waals surface area (Å²) in [5.74, 6) is -2.36. The molecule has 1 N–H and O–H groups in total. The zero-order valence-corrected chi connectivity index (χ0v) is 19.1. The molecule has 4 aromatic rings. The summed E-state index contributed by atoms with van der Waals surface area (Å²) in [7, 11) is 0. The minimum atomic E-state index is -4.63. The molecule has 0 saturated carbocycles. The molecule has 1 amide bonds. The number of alkyl halides is 3. The number of aryl methyl sites for hydroxylation is 1. The highest BCUT2D eigenvalue weighted by Crippen LogP contribution is 2.44. The molecule has 4 aromatic carbocycles. The van der Waals surface area contributed by atoms with E-state index in [4.69, 9.17) is 0 Å². The van der Waals surface area contributed by atoms with Gasteiger partial charge in [0.2, 0.25) is 0 Å². The normalized spacial score (nSPS) is 17.7. The third-order valence-corrected chi connectivity index (χ3v) is 6.40. The number of carbonyl (C=O) groups excluding carboxylic acids is 2. The van der Waals surface area contributed by atoms with E-state index >= 15 is 0 Å². The number of hydrogen-bond acceptors (Lipinski definition) is 3. The molecule has 0 aromatic heterocycles. The van der Waals surface area contributed by atoms with Crippen LogP contribution in [0.25, 0.3) is 16.5 Å². The standard InChI is InChI=1S/C29H20F3NO3/c1-17-7-2-5-12-23(17)25-24(26(34)20-14-13-18-8-3-4-9-19(18)15-20)27(35)28(36)33(25)22-11-6-10-21(16-22)29(30,31)32/h2-16,25,34H,1H3/b26-24+. The summed E-state index contributed by atoms with van der Waals surface area (Å²) in [6, 6.07) is 22.7. The van der Waals surface area contributed by atoms with Gasteiger partial charge in [-0.3, -0.25) is 14.5 Å². The van der Waals surface area contributed by atoms with Crippen LogP contribution in [0.15, 0.2) is 96.6 Å². The van der Waals surface area contributed by atoms with Crippen LogP contribution in [0.2, 0.25) is 0 Å². The Morgan fingerprint density at radius 3 is 2.25 bits per heavy atom. The topological polar surface area (TPSA) is 57.6 Å². The summed E-state index contributed by atoms with van der Waals surface area (Å²) < 4.78 is 40.3. The van der Waals surface area contributed by atoms with Crippen LogP contribution in [-0.2, 0) is 15.8 Å². The van der Waals surface area contributed by atoms with Gasteiger partial charge in [-0.1, -0.05) is 66.7 Å². The van der Waals surface area contributed by atoms with Crippen molar-refractivity contribution in [1.82, 2.24) is 0 Å². The van der Waals surface area contributed by atoms with E-state index in [1.54, 1.807) is 49.4 Å². The van der Waals surface area contributed by atoms with Gasteiger partial charge in [-0.15, -0.1) is 0 Å². The Kier molecular flexibility index (Phi) is 5.63. The fourth-order valence-corrected chi connectivity index (χ4v) is 4.61. The molecular weight excluding hydrogens is 467 g/mol. The number of hydrogen-bond donors (Lipinski definition) is 1. The monoisotopic (exact) mass is 487 g/mol. The smallest absolute Gasteiger partial charge is 0.416 e. The van der Waals surface area contributed by atoms with Crippen LogP contribution in [0.5, 0.6) is 0 Å². The zero-order valence-electron chi connectivity index (χ0n) is 19.1. The molecule has 0 spiro atoms. The Balaban J connectivity index is 1.74. The summed E-state index contributed by atoms with van der Waals surface area (Å²) in [4.78, 5) is 27.6. The first-order valence-electron chi connectivity index (χ1n) is 11.2. The van der Waals surface area contributed by atoms with E-state index in [0.717, 1.165) is 27.8 Å². The summed E-state index contributed by atoms with van der Waals surface area (Å²) in [6.07, 6.45) is -4.63. The maximum atomic E-state index is 13.4. The molecule has 1 aliphatic heterocycles. The molecule has 0 aliphatic carbocycles. The van der Waals surface area contributed by atoms with Crippen LogP contribution in [0.4, 0.5) is 18.9 Å². The number of benzene rings is 4. The second-order valence-electron chi connectivity index (χ2n) is 8.64. The minimum Gasteiger partial charge on any atom is -0.507 e. The third kappa shape index (κ3) is 3.92. The molecule has 7 heteroatoms. The van der Waals surface area contributed by atoms with Crippen LogP contribution in [0.3, 0.4) is 0 Å². The highest BCUT2D eigenvalue weighted by molar-refractivity contribution is 6.51. The average Bonchev–Trinajstić information content (AvgIpc) is 3.13. The lowest BCUT2D eigenvalue weighted by atomic mass is 9.92. The number of halogens is 3. The van der Waals surface area contributed by atoms with Crippen molar-refractivity contribution in [2.45, 2.75) is 19.1 Å². The first kappa shape index (κ1) is 23.4. The molecule has 4 nitrogen and oxygen atoms in total. The van der Waals surface area contributed by atoms with Crippen LogP contribution in [0, 0.1) is 6.92 Å². The SMILES string of the molecule is Cc1ccccc1C1/C(=C(\O)c2ccc3ccccc3c2)C(=O)C(=O)N1c1cccc(C(F)(F)F)c1. The molecule has 1 saturated heterocycles. The Morgan fingerprint density at radius 1 is 0.833 bits per heavy atom. The number of anilines is 1. The van der Waals surface area contributed by atoms with Crippen LogP contribution < -0.4 is 4.90 Å². The van der Waals surface area contributed by atoms with Crippen molar-refractivity contribution in [3.8, 4) is 0 Å². The van der Waals surface area contributed by atoms with Gasteiger partial charge < -0.3 is 5.11 Å². The largest absolute Gasteiger partial charge is 0.507 e. The third-order valence-electron chi connectivity index (χ3n) is 6.40. The van der Waals surface area contributed by atoms with Gasteiger partial charge in [-0.2, -0.15) is 13.2 Å². The fraction of sp³-hybridized carbons (Fsp3) is 0.103. The van der Waals surface area contributed by atoms with Gasteiger partial charge in [0.05, 0.1) is 17.2 Å². The quantitative estimate of drug-likeness (QED) is 0.197. The van der Waals surface area contributed by atoms with Crippen LogP contribution in [0.1, 0.15) is 28.3 Å². The Labute approximate surface area is 204 Å². The lowest BCUT2D eigenvalue weighted by Gasteiger charge is -2.27. The Bertz CT molecular complexity index is 1550. The van der Waals surface area contributed by atoms with Crippen molar-refractivity contribution in [1.29, 1.82) is 0 Å². The maximum absolute atomic E-state index is 13.4. The van der Waals surface area contributed by atoms with Gasteiger partial charge in [0, 0.05) is 11.3 Å². The number of amides is 1. The maximum Gasteiger partial charge on any atom is 0.416 e. The zero-order chi connectivity index (χ0) is 25.6. The van der Waals surface area contributed by atoms with Gasteiger partial charge in [0.1, 0.15) is 5.76 Å². The molecule has 1 atom stereocenters. The van der Waals surface area contributed by atoms with E-state index in [9.17, 15) is 27.9 Å². The lowest BCUT2D eigenvalue weighted by Crippen LogP contribution is -2.30. The second-order valence-corrected chi connectivity index (χ2v) is 8.64. The molecule has 180 valence electrons. The molecule has 1 fully saturated rings. The van der Waals surface area contributed by atoms with Crippen molar-refractivity contribution in [3.63, 3.8) is 0 Å². The molecule has 1 unspecified atom stereocenters. The van der Waals surface area contributed by atoms with Crippen LogP contribution >= 0.6 is 0 Å². The molecule has 1 aliphatic rings. The summed E-state index contributed by atoms with van der Waals surface area (Å²) in [5, 5.41) is 13.1. The highest BCUT2D eigenvalue weighted by atomic mass is 19.4. The number of nitrogens with zero attached hydrogens (tertiary/aromatic N) is 1. The van der Waals surface area contributed by atoms with Gasteiger partial charge in [-0.25, -0.2) is 0 Å². The van der Waals surface area contributed by atoms with E-state index in [1.807, 2.05) is 24.3 Å². The fourth-order valence-electron chi connectivity index (χ4n) is 4.61. The number of fused-ring (bicyclic) bond motifs is 1. The van der Waals surface area contributed by atoms with Gasteiger partial charge in [0.25, 0.3) is 11.7 Å². The van der Waals surface area contributed by atoms with Crippen molar-refractivity contribution in [3.05, 3.63) is 119 Å². The number of rotatable bonds is 3. The molecule has 0 radical (unpaired) electrons. The molecule has 0 bridgehead atoms. The predicted octanol–water partition coefficient (Wildman–Crippen LogP) is 6.79. The number of aliphatic hydroxyl groups excluding tert-OH is 1. The summed E-state index contributed by atoms with van der Waals surface area (Å²) in [5.41, 5.74) is 0.358. The molecular formula is C29H20F3NO3. The Hall–Kier alpha value is -4.39. The number of ketones is 1.